The van der Waals surface area contributed by atoms with Crippen molar-refractivity contribution >= 4 is 23.6 Å². The molecule has 2 fully saturated rings. The van der Waals surface area contributed by atoms with Gasteiger partial charge in [-0.1, -0.05) is 6.92 Å². The zero-order valence-corrected chi connectivity index (χ0v) is 18.4. The summed E-state index contributed by atoms with van der Waals surface area (Å²) in [5.41, 5.74) is -0.861. The zero-order chi connectivity index (χ0) is 22.3. The van der Waals surface area contributed by atoms with E-state index in [0.717, 1.165) is 6.42 Å². The Labute approximate surface area is 178 Å². The quantitative estimate of drug-likeness (QED) is 0.507. The molecule has 0 saturated carbocycles. The van der Waals surface area contributed by atoms with Crippen molar-refractivity contribution in [1.29, 1.82) is 0 Å². The average Bonchev–Trinajstić information content (AvgIpc) is 3.18. The maximum atomic E-state index is 12.9. The molecule has 4 amide bonds. The number of nitrogens with one attached hydrogen (secondary N) is 2. The predicted octanol–water partition coefficient (Wildman–Crippen LogP) is 0.0194. The Hall–Kier alpha value is -2.16. The van der Waals surface area contributed by atoms with Crippen LogP contribution in [0.5, 0.6) is 0 Å². The van der Waals surface area contributed by atoms with Gasteiger partial charge in [-0.2, -0.15) is 0 Å². The van der Waals surface area contributed by atoms with Crippen molar-refractivity contribution in [2.75, 3.05) is 33.2 Å². The van der Waals surface area contributed by atoms with E-state index in [9.17, 15) is 24.3 Å². The van der Waals surface area contributed by atoms with Crippen LogP contribution in [-0.4, -0.2) is 83.4 Å². The fourth-order valence-corrected chi connectivity index (χ4v) is 4.10. The van der Waals surface area contributed by atoms with Crippen LogP contribution in [0.1, 0.15) is 58.8 Å². The molecular weight excluding hydrogens is 388 g/mol. The highest BCUT2D eigenvalue weighted by Crippen LogP contribution is 2.25. The first-order valence-corrected chi connectivity index (χ1v) is 10.9. The molecule has 9 heteroatoms. The monoisotopic (exact) mass is 424 g/mol. The van der Waals surface area contributed by atoms with E-state index >= 15 is 0 Å². The van der Waals surface area contributed by atoms with E-state index < -0.39 is 17.6 Å². The SMILES string of the molecule is C[C@@H]1CCC[C@](C)(O)CCCN(C)C(=O)CNC(=O)CNC(=O)[C@@H]2CCCN2C1=O. The number of rotatable bonds is 0. The number of fused-ring (bicyclic) bond motifs is 1. The van der Waals surface area contributed by atoms with Crippen LogP contribution >= 0.6 is 0 Å². The number of hydrogen-bond acceptors (Lipinski definition) is 5. The number of amides is 4. The van der Waals surface area contributed by atoms with Gasteiger partial charge in [0.05, 0.1) is 18.7 Å². The van der Waals surface area contributed by atoms with Crippen molar-refractivity contribution < 1.29 is 24.3 Å². The number of nitrogens with zero attached hydrogens (tertiary/aromatic N) is 2. The Kier molecular flexibility index (Phi) is 8.64. The Balaban J connectivity index is 2.07. The normalized spacial score (nSPS) is 31.3. The maximum absolute atomic E-state index is 12.9. The molecule has 0 spiro atoms. The van der Waals surface area contributed by atoms with Gasteiger partial charge in [-0.15, -0.1) is 0 Å². The van der Waals surface area contributed by atoms with Gasteiger partial charge in [0.2, 0.25) is 23.6 Å². The summed E-state index contributed by atoms with van der Waals surface area (Å²) < 4.78 is 0. The van der Waals surface area contributed by atoms with E-state index in [1.165, 1.54) is 4.90 Å². The van der Waals surface area contributed by atoms with Crippen molar-refractivity contribution in [1.82, 2.24) is 20.4 Å². The highest BCUT2D eigenvalue weighted by molar-refractivity contribution is 5.92. The van der Waals surface area contributed by atoms with E-state index in [-0.39, 0.29) is 36.7 Å². The van der Waals surface area contributed by atoms with Gasteiger partial charge in [0, 0.05) is 26.1 Å². The lowest BCUT2D eigenvalue weighted by Gasteiger charge is -2.28. The smallest absolute Gasteiger partial charge is 0.243 e. The predicted molar refractivity (Wildman–Crippen MR) is 111 cm³/mol. The number of aliphatic hydroxyl groups is 1. The minimum atomic E-state index is -0.861. The van der Waals surface area contributed by atoms with Gasteiger partial charge in [0.15, 0.2) is 0 Å². The first-order chi connectivity index (χ1) is 14.1. The molecule has 0 aromatic heterocycles. The molecule has 2 aliphatic heterocycles. The minimum absolute atomic E-state index is 0.0538. The van der Waals surface area contributed by atoms with E-state index in [2.05, 4.69) is 10.6 Å². The first-order valence-electron chi connectivity index (χ1n) is 10.9. The molecule has 0 unspecified atom stereocenters. The minimum Gasteiger partial charge on any atom is -0.390 e. The van der Waals surface area contributed by atoms with Crippen molar-refractivity contribution in [3.05, 3.63) is 0 Å². The molecule has 0 aliphatic carbocycles. The van der Waals surface area contributed by atoms with Gasteiger partial charge in [-0.3, -0.25) is 19.2 Å². The molecule has 30 heavy (non-hydrogen) atoms. The molecule has 2 saturated heterocycles. The first kappa shape index (κ1) is 24.1. The van der Waals surface area contributed by atoms with Crippen molar-refractivity contribution in [2.24, 2.45) is 5.92 Å². The van der Waals surface area contributed by atoms with Crippen LogP contribution in [0.3, 0.4) is 0 Å². The van der Waals surface area contributed by atoms with Crippen molar-refractivity contribution in [3.63, 3.8) is 0 Å². The van der Waals surface area contributed by atoms with Gasteiger partial charge in [-0.05, 0) is 51.9 Å². The van der Waals surface area contributed by atoms with Gasteiger partial charge in [0.1, 0.15) is 6.04 Å². The van der Waals surface area contributed by atoms with Gasteiger partial charge >= 0.3 is 0 Å². The summed E-state index contributed by atoms with van der Waals surface area (Å²) in [6.07, 6.45) is 4.43. The number of hydrogen-bond donors (Lipinski definition) is 3. The molecule has 0 radical (unpaired) electrons. The topological polar surface area (TPSA) is 119 Å². The molecule has 2 aliphatic rings. The Bertz CT molecular complexity index is 651. The number of likely N-dealkylation sites (N-methyl/N-ethyl adjacent to an activating group) is 1. The highest BCUT2D eigenvalue weighted by Gasteiger charge is 2.36. The van der Waals surface area contributed by atoms with Crippen LogP contribution in [0.15, 0.2) is 0 Å². The summed E-state index contributed by atoms with van der Waals surface area (Å²) in [4.78, 5) is 52.7. The van der Waals surface area contributed by atoms with Gasteiger partial charge in [0.25, 0.3) is 0 Å². The Morgan fingerprint density at radius 1 is 0.967 bits per heavy atom. The van der Waals surface area contributed by atoms with Crippen LogP contribution in [-0.2, 0) is 19.2 Å². The average molecular weight is 425 g/mol. The molecule has 0 bridgehead atoms. The van der Waals surface area contributed by atoms with Crippen molar-refractivity contribution in [3.8, 4) is 0 Å². The standard InChI is InChI=1S/C21H36N4O5/c1-15-7-4-9-21(2,30)10-6-11-24(3)18(27)14-22-17(26)13-23-19(28)16-8-5-12-25(16)20(15)29/h15-16,30H,4-14H2,1-3H3,(H,22,26)(H,23,28)/t15-,16+,21+/m1/s1. The Morgan fingerprint density at radius 3 is 2.40 bits per heavy atom. The summed E-state index contributed by atoms with van der Waals surface area (Å²) in [5.74, 6) is -1.30. The second kappa shape index (κ2) is 10.7. The lowest BCUT2D eigenvalue weighted by Crippen LogP contribution is -2.50. The lowest BCUT2D eigenvalue weighted by atomic mass is 9.91. The summed E-state index contributed by atoms with van der Waals surface area (Å²) in [7, 11) is 1.66. The fourth-order valence-electron chi connectivity index (χ4n) is 4.10. The molecule has 0 aromatic carbocycles. The van der Waals surface area contributed by atoms with Crippen molar-refractivity contribution in [2.45, 2.75) is 70.4 Å². The number of carbonyl (C=O) groups excluding carboxylic acids is 4. The second-order valence-corrected chi connectivity index (χ2v) is 8.89. The van der Waals surface area contributed by atoms with Crippen LogP contribution in [0, 0.1) is 5.92 Å². The van der Waals surface area contributed by atoms with Gasteiger partial charge in [-0.25, -0.2) is 0 Å². The number of carbonyl (C=O) groups is 4. The van der Waals surface area contributed by atoms with E-state index in [0.29, 0.717) is 51.6 Å². The van der Waals surface area contributed by atoms with Crippen LogP contribution in [0.25, 0.3) is 0 Å². The third kappa shape index (κ3) is 6.97. The molecule has 3 atom stereocenters. The fraction of sp³-hybridized carbons (Fsp3) is 0.810. The van der Waals surface area contributed by atoms with Gasteiger partial charge < -0.3 is 25.5 Å². The maximum Gasteiger partial charge on any atom is 0.243 e. The highest BCUT2D eigenvalue weighted by atomic mass is 16.3. The summed E-state index contributed by atoms with van der Waals surface area (Å²) in [6.45, 7) is 4.28. The molecule has 170 valence electrons. The van der Waals surface area contributed by atoms with E-state index in [4.69, 9.17) is 0 Å². The molecule has 3 N–H and O–H groups in total. The molecule has 2 rings (SSSR count). The second-order valence-electron chi connectivity index (χ2n) is 8.89. The lowest BCUT2D eigenvalue weighted by molar-refractivity contribution is -0.141. The van der Waals surface area contributed by atoms with Crippen LogP contribution in [0.4, 0.5) is 0 Å². The largest absolute Gasteiger partial charge is 0.390 e. The Morgan fingerprint density at radius 2 is 1.67 bits per heavy atom. The molecule has 0 aromatic rings. The molecule has 2 heterocycles. The molecular formula is C21H36N4O5. The van der Waals surface area contributed by atoms with Crippen LogP contribution < -0.4 is 10.6 Å². The summed E-state index contributed by atoms with van der Waals surface area (Å²) in [5, 5.41) is 15.7. The van der Waals surface area contributed by atoms with E-state index in [1.54, 1.807) is 18.9 Å². The molecule has 9 nitrogen and oxygen atoms in total. The van der Waals surface area contributed by atoms with E-state index in [1.807, 2.05) is 6.92 Å². The summed E-state index contributed by atoms with van der Waals surface area (Å²) >= 11 is 0. The summed E-state index contributed by atoms with van der Waals surface area (Å²) in [6, 6.07) is -0.564. The zero-order valence-electron chi connectivity index (χ0n) is 18.4. The van der Waals surface area contributed by atoms with Crippen LogP contribution in [0.2, 0.25) is 0 Å². The third-order valence-corrected chi connectivity index (χ3v) is 6.11. The third-order valence-electron chi connectivity index (χ3n) is 6.11.